The zero-order chi connectivity index (χ0) is 15.1. The minimum Gasteiger partial charge on any atom is -0.496 e. The molecule has 1 unspecified atom stereocenters. The molecule has 21 heavy (non-hydrogen) atoms. The van der Waals surface area contributed by atoms with Crippen molar-refractivity contribution in [2.75, 3.05) is 27.4 Å². The van der Waals surface area contributed by atoms with Crippen LogP contribution in [0, 0.1) is 0 Å². The van der Waals surface area contributed by atoms with Crippen LogP contribution in [0.5, 0.6) is 5.75 Å². The largest absolute Gasteiger partial charge is 0.496 e. The predicted octanol–water partition coefficient (Wildman–Crippen LogP) is 2.14. The maximum atomic E-state index is 11.7. The van der Waals surface area contributed by atoms with E-state index in [0.29, 0.717) is 18.6 Å². The molecule has 1 aromatic rings. The standard InChI is InChI=1S/C16H23NO4/c1-17-16(18)13-6-7-14(19-2)12(11-13)8-10-21-15-5-3-4-9-20-15/h6-7,11,15H,3-5,8-10H2,1-2H3,(H,17,18). The molecule has 0 saturated carbocycles. The van der Waals surface area contributed by atoms with E-state index < -0.39 is 0 Å². The SMILES string of the molecule is CNC(=O)c1ccc(OC)c(CCOC2CCCCO2)c1. The maximum Gasteiger partial charge on any atom is 0.251 e. The van der Waals surface area contributed by atoms with E-state index in [9.17, 15) is 4.79 Å². The number of nitrogens with one attached hydrogen (secondary N) is 1. The summed E-state index contributed by atoms with van der Waals surface area (Å²) in [6, 6.07) is 5.42. The van der Waals surface area contributed by atoms with Gasteiger partial charge in [-0.05, 0) is 49.4 Å². The number of hydrogen-bond donors (Lipinski definition) is 1. The molecule has 1 amide bonds. The number of benzene rings is 1. The molecule has 1 fully saturated rings. The third kappa shape index (κ3) is 4.44. The summed E-state index contributed by atoms with van der Waals surface area (Å²) in [5.74, 6) is 0.672. The summed E-state index contributed by atoms with van der Waals surface area (Å²) in [6.07, 6.45) is 3.82. The van der Waals surface area contributed by atoms with Crippen molar-refractivity contribution >= 4 is 5.91 Å². The van der Waals surface area contributed by atoms with Crippen molar-refractivity contribution < 1.29 is 19.0 Å². The number of carbonyl (C=O) groups excluding carboxylic acids is 1. The second kappa shape index (κ2) is 8.00. The highest BCUT2D eigenvalue weighted by molar-refractivity contribution is 5.94. The highest BCUT2D eigenvalue weighted by Gasteiger charge is 2.15. The second-order valence-corrected chi connectivity index (χ2v) is 5.02. The summed E-state index contributed by atoms with van der Waals surface area (Å²) in [5.41, 5.74) is 1.59. The molecule has 1 aliphatic heterocycles. The van der Waals surface area contributed by atoms with Crippen molar-refractivity contribution in [2.24, 2.45) is 0 Å². The predicted molar refractivity (Wildman–Crippen MR) is 79.6 cm³/mol. The monoisotopic (exact) mass is 293 g/mol. The van der Waals surface area contributed by atoms with Crippen molar-refractivity contribution in [2.45, 2.75) is 32.0 Å². The molecule has 1 heterocycles. The van der Waals surface area contributed by atoms with Gasteiger partial charge >= 0.3 is 0 Å². The lowest BCUT2D eigenvalue weighted by molar-refractivity contribution is -0.161. The van der Waals surface area contributed by atoms with Gasteiger partial charge in [-0.25, -0.2) is 0 Å². The topological polar surface area (TPSA) is 56.8 Å². The van der Waals surface area contributed by atoms with E-state index in [1.165, 1.54) is 0 Å². The van der Waals surface area contributed by atoms with Crippen LogP contribution in [0.15, 0.2) is 18.2 Å². The molecule has 1 aromatic carbocycles. The first kappa shape index (κ1) is 15.8. The van der Waals surface area contributed by atoms with Crippen molar-refractivity contribution in [3.8, 4) is 5.75 Å². The molecule has 1 N–H and O–H groups in total. The van der Waals surface area contributed by atoms with E-state index in [4.69, 9.17) is 14.2 Å². The Morgan fingerprint density at radius 1 is 1.43 bits per heavy atom. The van der Waals surface area contributed by atoms with Gasteiger partial charge in [0.15, 0.2) is 6.29 Å². The van der Waals surface area contributed by atoms with Crippen LogP contribution in [-0.4, -0.2) is 39.6 Å². The van der Waals surface area contributed by atoms with Crippen molar-refractivity contribution in [3.63, 3.8) is 0 Å². The Morgan fingerprint density at radius 2 is 2.29 bits per heavy atom. The van der Waals surface area contributed by atoms with Gasteiger partial charge in [-0.15, -0.1) is 0 Å². The molecular formula is C16H23NO4. The van der Waals surface area contributed by atoms with Gasteiger partial charge in [0.05, 0.1) is 13.7 Å². The molecule has 0 spiro atoms. The first-order valence-corrected chi connectivity index (χ1v) is 7.37. The zero-order valence-corrected chi connectivity index (χ0v) is 12.7. The Morgan fingerprint density at radius 3 is 2.95 bits per heavy atom. The highest BCUT2D eigenvalue weighted by Crippen LogP contribution is 2.21. The van der Waals surface area contributed by atoms with Gasteiger partial charge in [-0.3, -0.25) is 4.79 Å². The molecule has 5 nitrogen and oxygen atoms in total. The molecule has 116 valence electrons. The minimum atomic E-state index is -0.101. The zero-order valence-electron chi connectivity index (χ0n) is 12.7. The lowest BCUT2D eigenvalue weighted by Gasteiger charge is -2.22. The van der Waals surface area contributed by atoms with Crippen LogP contribution in [-0.2, 0) is 15.9 Å². The van der Waals surface area contributed by atoms with Gasteiger partial charge in [0.1, 0.15) is 5.75 Å². The van der Waals surface area contributed by atoms with E-state index in [1.807, 2.05) is 12.1 Å². The van der Waals surface area contributed by atoms with Crippen LogP contribution in [0.2, 0.25) is 0 Å². The van der Waals surface area contributed by atoms with Crippen LogP contribution in [0.4, 0.5) is 0 Å². The van der Waals surface area contributed by atoms with Gasteiger partial charge in [0.25, 0.3) is 5.91 Å². The van der Waals surface area contributed by atoms with Gasteiger partial charge in [0, 0.05) is 19.2 Å². The van der Waals surface area contributed by atoms with Gasteiger partial charge in [-0.1, -0.05) is 0 Å². The van der Waals surface area contributed by atoms with Crippen molar-refractivity contribution in [1.82, 2.24) is 5.32 Å². The third-order valence-corrected chi connectivity index (χ3v) is 3.58. The first-order valence-electron chi connectivity index (χ1n) is 7.37. The number of amides is 1. The number of hydrogen-bond acceptors (Lipinski definition) is 4. The summed E-state index contributed by atoms with van der Waals surface area (Å²) in [4.78, 5) is 11.7. The van der Waals surface area contributed by atoms with Crippen LogP contribution < -0.4 is 10.1 Å². The van der Waals surface area contributed by atoms with Gasteiger partial charge < -0.3 is 19.5 Å². The Bertz CT molecular complexity index is 469. The summed E-state index contributed by atoms with van der Waals surface area (Å²) >= 11 is 0. The third-order valence-electron chi connectivity index (χ3n) is 3.58. The molecule has 5 heteroatoms. The molecule has 2 rings (SSSR count). The Labute approximate surface area is 125 Å². The molecule has 0 aliphatic carbocycles. The molecule has 0 aromatic heterocycles. The van der Waals surface area contributed by atoms with Crippen LogP contribution >= 0.6 is 0 Å². The van der Waals surface area contributed by atoms with E-state index in [-0.39, 0.29) is 12.2 Å². The average Bonchev–Trinajstić information content (AvgIpc) is 2.55. The number of carbonyl (C=O) groups is 1. The molecule has 1 atom stereocenters. The number of ether oxygens (including phenoxy) is 3. The molecule has 0 radical (unpaired) electrons. The fourth-order valence-electron chi connectivity index (χ4n) is 2.40. The number of methoxy groups -OCH3 is 1. The fraction of sp³-hybridized carbons (Fsp3) is 0.562. The first-order chi connectivity index (χ1) is 10.2. The summed E-state index contributed by atoms with van der Waals surface area (Å²) < 4.78 is 16.6. The minimum absolute atomic E-state index is 0.0909. The van der Waals surface area contributed by atoms with E-state index in [2.05, 4.69) is 5.32 Å². The van der Waals surface area contributed by atoms with E-state index in [1.54, 1.807) is 20.2 Å². The lowest BCUT2D eigenvalue weighted by Crippen LogP contribution is -2.23. The maximum absolute atomic E-state index is 11.7. The average molecular weight is 293 g/mol. The Kier molecular flexibility index (Phi) is 6.02. The van der Waals surface area contributed by atoms with Crippen molar-refractivity contribution in [3.05, 3.63) is 29.3 Å². The van der Waals surface area contributed by atoms with Crippen LogP contribution in [0.3, 0.4) is 0 Å². The molecule has 1 saturated heterocycles. The fourth-order valence-corrected chi connectivity index (χ4v) is 2.40. The van der Waals surface area contributed by atoms with Crippen LogP contribution in [0.25, 0.3) is 0 Å². The number of rotatable bonds is 6. The van der Waals surface area contributed by atoms with Crippen molar-refractivity contribution in [1.29, 1.82) is 0 Å². The Balaban J connectivity index is 1.95. The van der Waals surface area contributed by atoms with Gasteiger partial charge in [-0.2, -0.15) is 0 Å². The summed E-state index contributed by atoms with van der Waals surface area (Å²) in [5, 5.41) is 2.62. The smallest absolute Gasteiger partial charge is 0.251 e. The second-order valence-electron chi connectivity index (χ2n) is 5.02. The molecule has 0 bridgehead atoms. The highest BCUT2D eigenvalue weighted by atomic mass is 16.7. The lowest BCUT2D eigenvalue weighted by atomic mass is 10.1. The molecular weight excluding hydrogens is 270 g/mol. The Hall–Kier alpha value is -1.59. The summed E-state index contributed by atoms with van der Waals surface area (Å²) in [7, 11) is 3.25. The van der Waals surface area contributed by atoms with Gasteiger partial charge in [0.2, 0.25) is 0 Å². The van der Waals surface area contributed by atoms with E-state index >= 15 is 0 Å². The quantitative estimate of drug-likeness (QED) is 0.873. The van der Waals surface area contributed by atoms with E-state index in [0.717, 1.165) is 37.2 Å². The summed E-state index contributed by atoms with van der Waals surface area (Å²) in [6.45, 7) is 1.33. The molecule has 1 aliphatic rings. The normalized spacial score (nSPS) is 18.3. The van der Waals surface area contributed by atoms with Crippen LogP contribution in [0.1, 0.15) is 35.2 Å².